The van der Waals surface area contributed by atoms with Gasteiger partial charge in [0.1, 0.15) is 11.6 Å². The predicted octanol–water partition coefficient (Wildman–Crippen LogP) is 6.16. The van der Waals surface area contributed by atoms with E-state index in [4.69, 9.17) is 17.0 Å². The highest BCUT2D eigenvalue weighted by Crippen LogP contribution is 2.45. The number of carbonyl (C=O) groups is 1. The van der Waals surface area contributed by atoms with Gasteiger partial charge in [0.15, 0.2) is 5.11 Å². The number of thiocarbonyl (C=S) groups is 1. The summed E-state index contributed by atoms with van der Waals surface area (Å²) in [5, 5.41) is 6.88. The number of halogens is 1. The van der Waals surface area contributed by atoms with Crippen molar-refractivity contribution in [2.75, 3.05) is 17.3 Å². The highest BCUT2D eigenvalue weighted by Gasteiger charge is 2.42. The highest BCUT2D eigenvalue weighted by atomic mass is 32.1. The van der Waals surface area contributed by atoms with Crippen LogP contribution in [0.25, 0.3) is 5.69 Å². The van der Waals surface area contributed by atoms with Crippen LogP contribution in [0.15, 0.2) is 72.9 Å². The first-order chi connectivity index (χ1) is 18.8. The predicted molar refractivity (Wildman–Crippen MR) is 155 cm³/mol. The van der Waals surface area contributed by atoms with E-state index >= 15 is 0 Å². The fourth-order valence-corrected chi connectivity index (χ4v) is 5.56. The molecule has 1 saturated heterocycles. The molecule has 2 atom stereocenters. The summed E-state index contributed by atoms with van der Waals surface area (Å²) in [4.78, 5) is 18.7. The van der Waals surface area contributed by atoms with Crippen LogP contribution in [0.5, 0.6) is 5.75 Å². The summed E-state index contributed by atoms with van der Waals surface area (Å²) in [6.45, 7) is 5.76. The molecule has 1 aliphatic heterocycles. The summed E-state index contributed by atoms with van der Waals surface area (Å²) < 4.78 is 22.5. The number of hydrogen-bond donors (Lipinski definition) is 2. The third kappa shape index (κ3) is 4.85. The summed E-state index contributed by atoms with van der Waals surface area (Å²) in [6, 6.07) is 19.7. The van der Waals surface area contributed by atoms with Crippen molar-refractivity contribution in [3.8, 4) is 11.4 Å². The molecule has 0 aliphatic carbocycles. The SMILES string of the molecule is CCC(=O)Nc1ccc(N2C(=S)NC(c3ccccn3)C2c2cc(C)n(-c3ccccc3F)c2C)cc1OC. The summed E-state index contributed by atoms with van der Waals surface area (Å²) in [6.07, 6.45) is 2.12. The molecule has 0 radical (unpaired) electrons. The smallest absolute Gasteiger partial charge is 0.224 e. The van der Waals surface area contributed by atoms with Gasteiger partial charge in [0.05, 0.1) is 36.3 Å². The van der Waals surface area contributed by atoms with Gasteiger partial charge >= 0.3 is 0 Å². The van der Waals surface area contributed by atoms with E-state index in [-0.39, 0.29) is 23.8 Å². The molecule has 39 heavy (non-hydrogen) atoms. The van der Waals surface area contributed by atoms with Gasteiger partial charge in [-0.3, -0.25) is 9.78 Å². The number of benzene rings is 2. The second-order valence-corrected chi connectivity index (χ2v) is 9.78. The summed E-state index contributed by atoms with van der Waals surface area (Å²) in [5.74, 6) is 0.126. The molecule has 9 heteroatoms. The first-order valence-electron chi connectivity index (χ1n) is 12.8. The average Bonchev–Trinajstić information content (AvgIpc) is 3.44. The monoisotopic (exact) mass is 543 g/mol. The Morgan fingerprint density at radius 3 is 2.59 bits per heavy atom. The first-order valence-corrected chi connectivity index (χ1v) is 13.2. The average molecular weight is 544 g/mol. The van der Waals surface area contributed by atoms with Crippen molar-refractivity contribution in [3.63, 3.8) is 0 Å². The minimum Gasteiger partial charge on any atom is -0.494 e. The molecule has 2 N–H and O–H groups in total. The van der Waals surface area contributed by atoms with E-state index in [1.54, 1.807) is 32.4 Å². The molecule has 1 amide bonds. The highest BCUT2D eigenvalue weighted by molar-refractivity contribution is 7.80. The third-order valence-electron chi connectivity index (χ3n) is 7.04. The number of carbonyl (C=O) groups excluding carboxylic acids is 1. The normalized spacial score (nSPS) is 16.7. The maximum absolute atomic E-state index is 14.9. The number of para-hydroxylation sites is 1. The van der Waals surface area contributed by atoms with Crippen LogP contribution in [0.2, 0.25) is 0 Å². The molecule has 1 fully saturated rings. The Labute approximate surface area is 232 Å². The second-order valence-electron chi connectivity index (χ2n) is 9.40. The number of methoxy groups -OCH3 is 1. The molecule has 2 aromatic heterocycles. The van der Waals surface area contributed by atoms with Crippen molar-refractivity contribution in [3.05, 3.63) is 101 Å². The molecule has 0 bridgehead atoms. The lowest BCUT2D eigenvalue weighted by Gasteiger charge is -2.29. The summed E-state index contributed by atoms with van der Waals surface area (Å²) in [5.41, 5.74) is 5.49. The third-order valence-corrected chi connectivity index (χ3v) is 7.35. The second kappa shape index (κ2) is 10.9. The quantitative estimate of drug-likeness (QED) is 0.272. The van der Waals surface area contributed by atoms with E-state index in [0.29, 0.717) is 28.7 Å². The maximum Gasteiger partial charge on any atom is 0.224 e. The molecule has 2 unspecified atom stereocenters. The fraction of sp³-hybridized carbons (Fsp3) is 0.233. The Balaban J connectivity index is 1.66. The largest absolute Gasteiger partial charge is 0.494 e. The lowest BCUT2D eigenvalue weighted by Crippen LogP contribution is -2.29. The number of anilines is 2. The van der Waals surface area contributed by atoms with Crippen molar-refractivity contribution in [1.82, 2.24) is 14.9 Å². The molecule has 0 spiro atoms. The number of hydrogen-bond acceptors (Lipinski definition) is 4. The molecule has 200 valence electrons. The number of aryl methyl sites for hydroxylation is 1. The summed E-state index contributed by atoms with van der Waals surface area (Å²) in [7, 11) is 1.57. The fourth-order valence-electron chi connectivity index (χ4n) is 5.21. The van der Waals surface area contributed by atoms with Gasteiger partial charge in [-0.05, 0) is 74.1 Å². The molecular formula is C30H30FN5O2S. The molecule has 4 aromatic rings. The van der Waals surface area contributed by atoms with Crippen LogP contribution < -0.4 is 20.3 Å². The molecule has 0 saturated carbocycles. The maximum atomic E-state index is 14.9. The Kier molecular flexibility index (Phi) is 7.34. The van der Waals surface area contributed by atoms with E-state index in [0.717, 1.165) is 28.3 Å². The Morgan fingerprint density at radius 1 is 1.13 bits per heavy atom. The number of ether oxygens (including phenoxy) is 1. The van der Waals surface area contributed by atoms with E-state index in [1.165, 1.54) is 6.07 Å². The van der Waals surface area contributed by atoms with Crippen LogP contribution in [-0.2, 0) is 4.79 Å². The Hall–Kier alpha value is -4.24. The molecule has 7 nitrogen and oxygen atoms in total. The van der Waals surface area contributed by atoms with Crippen LogP contribution in [0.3, 0.4) is 0 Å². The van der Waals surface area contributed by atoms with Gasteiger partial charge in [-0.15, -0.1) is 0 Å². The van der Waals surface area contributed by atoms with E-state index < -0.39 is 0 Å². The zero-order chi connectivity index (χ0) is 27.7. The van der Waals surface area contributed by atoms with Gasteiger partial charge in [0.2, 0.25) is 5.91 Å². The molecule has 2 aromatic carbocycles. The number of pyridine rings is 1. The van der Waals surface area contributed by atoms with Crippen molar-refractivity contribution < 1.29 is 13.9 Å². The number of nitrogens with zero attached hydrogens (tertiary/aromatic N) is 3. The van der Waals surface area contributed by atoms with Crippen LogP contribution >= 0.6 is 12.2 Å². The number of aromatic nitrogens is 2. The van der Waals surface area contributed by atoms with Crippen LogP contribution in [0.1, 0.15) is 48.1 Å². The van der Waals surface area contributed by atoms with Crippen LogP contribution in [-0.4, -0.2) is 27.7 Å². The minimum atomic E-state index is -0.293. The Morgan fingerprint density at radius 2 is 1.90 bits per heavy atom. The van der Waals surface area contributed by atoms with Crippen molar-refractivity contribution in [2.45, 2.75) is 39.3 Å². The van der Waals surface area contributed by atoms with Crippen molar-refractivity contribution in [2.24, 2.45) is 0 Å². The van der Waals surface area contributed by atoms with Gasteiger partial charge in [0, 0.05) is 35.8 Å². The van der Waals surface area contributed by atoms with Crippen molar-refractivity contribution >= 4 is 34.6 Å². The zero-order valence-corrected chi connectivity index (χ0v) is 23.1. The molecular weight excluding hydrogens is 513 g/mol. The van der Waals surface area contributed by atoms with Gasteiger partial charge < -0.3 is 24.8 Å². The number of rotatable bonds is 7. The Bertz CT molecular complexity index is 1540. The lowest BCUT2D eigenvalue weighted by molar-refractivity contribution is -0.115. The van der Waals surface area contributed by atoms with Gasteiger partial charge in [-0.1, -0.05) is 25.1 Å². The van der Waals surface area contributed by atoms with Gasteiger partial charge in [-0.25, -0.2) is 4.39 Å². The summed E-state index contributed by atoms with van der Waals surface area (Å²) >= 11 is 5.88. The zero-order valence-electron chi connectivity index (χ0n) is 22.2. The van der Waals surface area contributed by atoms with Crippen molar-refractivity contribution in [1.29, 1.82) is 0 Å². The topological polar surface area (TPSA) is 71.4 Å². The van der Waals surface area contributed by atoms with E-state index in [1.807, 2.05) is 65.8 Å². The van der Waals surface area contributed by atoms with Crippen LogP contribution in [0, 0.1) is 19.7 Å². The molecule has 1 aliphatic rings. The number of nitrogens with one attached hydrogen (secondary N) is 2. The van der Waals surface area contributed by atoms with E-state index in [2.05, 4.69) is 21.7 Å². The molecule has 5 rings (SSSR count). The first kappa shape index (κ1) is 26.4. The van der Waals surface area contributed by atoms with Gasteiger partial charge in [0.25, 0.3) is 0 Å². The lowest BCUT2D eigenvalue weighted by atomic mass is 9.96. The van der Waals surface area contributed by atoms with E-state index in [9.17, 15) is 9.18 Å². The number of amides is 1. The molecule has 3 heterocycles. The van der Waals surface area contributed by atoms with Gasteiger partial charge in [-0.2, -0.15) is 0 Å². The van der Waals surface area contributed by atoms with Crippen LogP contribution in [0.4, 0.5) is 15.8 Å². The minimum absolute atomic E-state index is 0.104. The standard InChI is InChI=1S/C30H30FN5O2S/c1-5-27(37)33-23-14-13-20(17-26(23)38-4)36-29(28(34-30(36)39)24-11-8-9-15-32-24)21-16-18(2)35(19(21)3)25-12-7-6-10-22(25)31/h6-17,28-29H,5H2,1-4H3,(H,33,37)(H,34,39).